The molecule has 0 radical (unpaired) electrons. The number of sulfone groups is 1. The Kier molecular flexibility index (Phi) is 8.87. The van der Waals surface area contributed by atoms with Crippen LogP contribution in [-0.2, 0) is 16.3 Å². The van der Waals surface area contributed by atoms with E-state index in [4.69, 9.17) is 4.74 Å². The van der Waals surface area contributed by atoms with Gasteiger partial charge in [-0.3, -0.25) is 0 Å². The average molecular weight is 598 g/mol. The van der Waals surface area contributed by atoms with Crippen LogP contribution in [0.3, 0.4) is 0 Å². The lowest BCUT2D eigenvalue weighted by Gasteiger charge is -2.39. The second-order valence-electron chi connectivity index (χ2n) is 9.89. The molecule has 1 N–H and O–H groups in total. The molecule has 1 aliphatic heterocycles. The third-order valence-corrected chi connectivity index (χ3v) is 9.23. The maximum absolute atomic E-state index is 14.9. The lowest BCUT2D eigenvalue weighted by Crippen LogP contribution is -2.50. The molecular weight excluding hydrogens is 566 g/mol. The highest BCUT2D eigenvalue weighted by molar-refractivity contribution is 7.90. The van der Waals surface area contributed by atoms with Crippen LogP contribution < -0.4 is 15.0 Å². The van der Waals surface area contributed by atoms with Gasteiger partial charge in [-0.1, -0.05) is 24.0 Å². The van der Waals surface area contributed by atoms with Gasteiger partial charge in [0, 0.05) is 32.5 Å². The SMILES string of the molecule is COc1cc(S(C)(=O)=O)ccc1NCC#Cc1sc2c(N(C)[C@@H]3CCN(C)C[C@@H]3F)cccc2c1CC(F)(F)F. The Bertz CT molecular complexity index is 1540. The molecule has 1 aromatic heterocycles. The number of hydrogen-bond acceptors (Lipinski definition) is 7. The number of nitrogens with one attached hydrogen (secondary N) is 1. The number of hydrogen-bond donors (Lipinski definition) is 1. The first kappa shape index (κ1) is 30.0. The monoisotopic (exact) mass is 597 g/mol. The van der Waals surface area contributed by atoms with Crippen molar-refractivity contribution >= 4 is 42.6 Å². The number of halogens is 4. The zero-order chi connectivity index (χ0) is 29.2. The third-order valence-electron chi connectivity index (χ3n) is 6.93. The van der Waals surface area contributed by atoms with Crippen molar-refractivity contribution < 1.29 is 30.7 Å². The maximum atomic E-state index is 14.9. The van der Waals surface area contributed by atoms with Gasteiger partial charge in [-0.25, -0.2) is 12.8 Å². The van der Waals surface area contributed by atoms with Gasteiger partial charge in [0.05, 0.1) is 52.0 Å². The quantitative estimate of drug-likeness (QED) is 0.292. The summed E-state index contributed by atoms with van der Waals surface area (Å²) < 4.78 is 85.3. The van der Waals surface area contributed by atoms with E-state index in [1.54, 1.807) is 25.2 Å². The molecule has 1 saturated heterocycles. The Balaban J connectivity index is 1.64. The number of methoxy groups -OCH3 is 1. The molecule has 216 valence electrons. The van der Waals surface area contributed by atoms with Crippen molar-refractivity contribution in [3.63, 3.8) is 0 Å². The fourth-order valence-electron chi connectivity index (χ4n) is 4.88. The first-order chi connectivity index (χ1) is 18.8. The Morgan fingerprint density at radius 1 is 1.25 bits per heavy atom. The summed E-state index contributed by atoms with van der Waals surface area (Å²) in [6, 6.07) is 9.17. The van der Waals surface area contributed by atoms with E-state index in [-0.39, 0.29) is 23.0 Å². The van der Waals surface area contributed by atoms with Crippen molar-refractivity contribution in [2.75, 3.05) is 57.3 Å². The summed E-state index contributed by atoms with van der Waals surface area (Å²) in [5.41, 5.74) is 1.29. The standard InChI is InChI=1S/C28H31F4N3O3S2/c1-34-14-12-23(21(29)17-34)35(2)24-8-5-7-19-20(16-28(30,31)32)26(39-27(19)24)9-6-13-33-22-11-10-18(40(4,36)37)15-25(22)38-3/h5,7-8,10-11,15,21,23,33H,12-14,16-17H2,1-4H3/t21-,23+/m0/s1. The van der Waals surface area contributed by atoms with Crippen molar-refractivity contribution in [3.05, 3.63) is 46.8 Å². The van der Waals surface area contributed by atoms with Gasteiger partial charge in [0.25, 0.3) is 0 Å². The molecule has 0 unspecified atom stereocenters. The van der Waals surface area contributed by atoms with E-state index in [1.807, 2.05) is 22.9 Å². The fourth-order valence-corrected chi connectivity index (χ4v) is 6.77. The van der Waals surface area contributed by atoms with Gasteiger partial charge in [-0.2, -0.15) is 13.2 Å². The number of nitrogens with zero attached hydrogens (tertiary/aromatic N) is 2. The molecule has 3 aromatic rings. The number of thiophene rings is 1. The molecule has 40 heavy (non-hydrogen) atoms. The van der Waals surface area contributed by atoms with Crippen LogP contribution in [0.25, 0.3) is 10.1 Å². The molecule has 4 rings (SSSR count). The highest BCUT2D eigenvalue weighted by Crippen LogP contribution is 2.41. The summed E-state index contributed by atoms with van der Waals surface area (Å²) in [6.45, 7) is 1.13. The molecule has 2 aromatic carbocycles. The minimum absolute atomic E-state index is 0.0835. The number of benzene rings is 2. The largest absolute Gasteiger partial charge is 0.495 e. The summed E-state index contributed by atoms with van der Waals surface area (Å²) in [5, 5.41) is 3.49. The predicted octanol–water partition coefficient (Wildman–Crippen LogP) is 5.36. The molecule has 6 nitrogen and oxygen atoms in total. The Morgan fingerprint density at radius 3 is 2.65 bits per heavy atom. The van der Waals surface area contributed by atoms with Crippen molar-refractivity contribution in [2.45, 2.75) is 36.1 Å². The summed E-state index contributed by atoms with van der Waals surface area (Å²) in [5.74, 6) is 6.09. The van der Waals surface area contributed by atoms with Crippen LogP contribution in [0.5, 0.6) is 5.75 Å². The van der Waals surface area contributed by atoms with Gasteiger partial charge in [0.1, 0.15) is 11.9 Å². The van der Waals surface area contributed by atoms with Crippen LogP contribution in [0.15, 0.2) is 41.3 Å². The van der Waals surface area contributed by atoms with E-state index in [1.165, 1.54) is 30.6 Å². The summed E-state index contributed by atoms with van der Waals surface area (Å²) in [7, 11) is 1.64. The van der Waals surface area contributed by atoms with E-state index < -0.39 is 28.6 Å². The van der Waals surface area contributed by atoms with Crippen LogP contribution in [0.2, 0.25) is 0 Å². The number of ether oxygens (including phenoxy) is 1. The molecule has 2 heterocycles. The van der Waals surface area contributed by atoms with Crippen molar-refractivity contribution in [1.82, 2.24) is 4.90 Å². The number of fused-ring (bicyclic) bond motifs is 1. The van der Waals surface area contributed by atoms with E-state index in [0.29, 0.717) is 45.1 Å². The zero-order valence-electron chi connectivity index (χ0n) is 22.6. The molecular formula is C28H31F4N3O3S2. The van der Waals surface area contributed by atoms with Gasteiger partial charge in [-0.05, 0) is 42.6 Å². The molecule has 0 saturated carbocycles. The van der Waals surface area contributed by atoms with E-state index in [0.717, 1.165) is 12.8 Å². The van der Waals surface area contributed by atoms with Crippen LogP contribution in [0.1, 0.15) is 16.9 Å². The maximum Gasteiger partial charge on any atom is 0.393 e. The molecule has 12 heteroatoms. The van der Waals surface area contributed by atoms with Crippen LogP contribution in [0, 0.1) is 11.8 Å². The average Bonchev–Trinajstić information content (AvgIpc) is 3.21. The third kappa shape index (κ3) is 6.82. The fraction of sp³-hybridized carbons (Fsp3) is 0.429. The van der Waals surface area contributed by atoms with Gasteiger partial charge in [0.2, 0.25) is 0 Å². The molecule has 2 atom stereocenters. The highest BCUT2D eigenvalue weighted by Gasteiger charge is 2.34. The minimum atomic E-state index is -4.43. The lowest BCUT2D eigenvalue weighted by atomic mass is 10.0. The normalized spacial score (nSPS) is 18.3. The second kappa shape index (κ2) is 11.8. The first-order valence-corrected chi connectivity index (χ1v) is 15.3. The van der Waals surface area contributed by atoms with E-state index >= 15 is 0 Å². The molecule has 0 spiro atoms. The van der Waals surface area contributed by atoms with Crippen molar-refractivity contribution in [2.24, 2.45) is 0 Å². The molecule has 0 bridgehead atoms. The minimum Gasteiger partial charge on any atom is -0.495 e. The van der Waals surface area contributed by atoms with Crippen LogP contribution in [-0.4, -0.2) is 78.8 Å². The van der Waals surface area contributed by atoms with Crippen molar-refractivity contribution in [1.29, 1.82) is 0 Å². The Hall–Kier alpha value is -3.01. The predicted molar refractivity (Wildman–Crippen MR) is 152 cm³/mol. The molecule has 0 aliphatic carbocycles. The smallest absolute Gasteiger partial charge is 0.393 e. The van der Waals surface area contributed by atoms with Crippen molar-refractivity contribution in [3.8, 4) is 17.6 Å². The number of alkyl halides is 4. The first-order valence-electron chi connectivity index (χ1n) is 12.6. The second-order valence-corrected chi connectivity index (χ2v) is 12.9. The van der Waals surface area contributed by atoms with Gasteiger partial charge in [0.15, 0.2) is 9.84 Å². The molecule has 1 fully saturated rings. The summed E-state index contributed by atoms with van der Waals surface area (Å²) >= 11 is 1.18. The molecule has 0 amide bonds. The lowest BCUT2D eigenvalue weighted by molar-refractivity contribution is -0.126. The van der Waals surface area contributed by atoms with Gasteiger partial charge < -0.3 is 19.9 Å². The molecule has 1 aliphatic rings. The number of anilines is 2. The van der Waals surface area contributed by atoms with Crippen LogP contribution >= 0.6 is 11.3 Å². The topological polar surface area (TPSA) is 61.9 Å². The van der Waals surface area contributed by atoms with Gasteiger partial charge >= 0.3 is 6.18 Å². The zero-order valence-corrected chi connectivity index (χ0v) is 24.2. The van der Waals surface area contributed by atoms with E-state index in [9.17, 15) is 26.0 Å². The highest BCUT2D eigenvalue weighted by atomic mass is 32.2. The Morgan fingerprint density at radius 2 is 2.00 bits per heavy atom. The van der Waals surface area contributed by atoms with E-state index in [2.05, 4.69) is 17.2 Å². The number of piperidine rings is 1. The van der Waals surface area contributed by atoms with Crippen LogP contribution in [0.4, 0.5) is 28.9 Å². The van der Waals surface area contributed by atoms with Gasteiger partial charge in [-0.15, -0.1) is 11.3 Å². The summed E-state index contributed by atoms with van der Waals surface area (Å²) in [6.07, 6.45) is -4.94. The summed E-state index contributed by atoms with van der Waals surface area (Å²) in [4.78, 5) is 4.18. The number of likely N-dealkylation sites (tertiary alicyclic amines) is 1. The Labute approximate surface area is 235 Å². The number of rotatable bonds is 7.